The number of hydrogen-bond donors (Lipinski definition) is 1. The molecule has 0 aliphatic carbocycles. The summed E-state index contributed by atoms with van der Waals surface area (Å²) in [5.74, 6) is 0.295. The van der Waals surface area contributed by atoms with Gasteiger partial charge in [0.2, 0.25) is 0 Å². The lowest BCUT2D eigenvalue weighted by molar-refractivity contribution is -0.140. The van der Waals surface area contributed by atoms with Crippen LogP contribution in [0.25, 0.3) is 11.1 Å². The molecule has 9 nitrogen and oxygen atoms in total. The van der Waals surface area contributed by atoms with Crippen molar-refractivity contribution >= 4 is 5.91 Å². The van der Waals surface area contributed by atoms with Gasteiger partial charge < -0.3 is 14.1 Å². The van der Waals surface area contributed by atoms with Crippen LogP contribution in [0.15, 0.2) is 53.5 Å². The molecule has 1 aliphatic rings. The molecule has 4 heterocycles. The Morgan fingerprint density at radius 3 is 2.66 bits per heavy atom. The highest BCUT2D eigenvalue weighted by molar-refractivity contribution is 5.99. The zero-order valence-electron chi connectivity index (χ0n) is 20.9. The molecule has 1 aromatic carbocycles. The third-order valence-corrected chi connectivity index (χ3v) is 6.71. The number of ether oxygens (including phenoxy) is 1. The highest BCUT2D eigenvalue weighted by atomic mass is 19.4. The zero-order valence-corrected chi connectivity index (χ0v) is 20.9. The Labute approximate surface area is 215 Å². The normalized spacial score (nSPS) is 14.5. The molecule has 0 fully saturated rings. The highest BCUT2D eigenvalue weighted by Gasteiger charge is 2.39. The molecule has 0 saturated carbocycles. The zero-order chi connectivity index (χ0) is 27.2. The molecule has 1 aliphatic heterocycles. The Balaban J connectivity index is 1.63. The second-order valence-electron chi connectivity index (χ2n) is 9.11. The number of halogens is 3. The minimum Gasteiger partial charge on any atom is -0.497 e. The van der Waals surface area contributed by atoms with Crippen molar-refractivity contribution < 1.29 is 27.1 Å². The van der Waals surface area contributed by atoms with Gasteiger partial charge in [0.05, 0.1) is 25.4 Å². The molecule has 3 aromatic heterocycles. The summed E-state index contributed by atoms with van der Waals surface area (Å²) in [6.45, 7) is 2.29. The predicted octanol–water partition coefficient (Wildman–Crippen LogP) is 4.19. The summed E-state index contributed by atoms with van der Waals surface area (Å²) in [4.78, 5) is 19.9. The van der Waals surface area contributed by atoms with Crippen molar-refractivity contribution in [2.24, 2.45) is 7.05 Å². The number of carbonyl (C=O) groups is 1. The lowest BCUT2D eigenvalue weighted by Crippen LogP contribution is -2.40. The van der Waals surface area contributed by atoms with Crippen LogP contribution in [0, 0.1) is 5.41 Å². The van der Waals surface area contributed by atoms with Crippen molar-refractivity contribution in [3.05, 3.63) is 82.9 Å². The van der Waals surface area contributed by atoms with E-state index < -0.39 is 17.9 Å². The predicted molar refractivity (Wildman–Crippen MR) is 129 cm³/mol. The van der Waals surface area contributed by atoms with Gasteiger partial charge in [-0.3, -0.25) is 24.4 Å². The van der Waals surface area contributed by atoms with Crippen LogP contribution >= 0.6 is 0 Å². The van der Waals surface area contributed by atoms with Crippen LogP contribution in [0.1, 0.15) is 45.8 Å². The summed E-state index contributed by atoms with van der Waals surface area (Å²) in [6, 6.07) is 6.39. The minimum atomic E-state index is -4.68. The van der Waals surface area contributed by atoms with Crippen molar-refractivity contribution in [2.45, 2.75) is 32.1 Å². The second kappa shape index (κ2) is 9.51. The van der Waals surface area contributed by atoms with E-state index in [9.17, 15) is 18.0 Å². The molecule has 1 amide bonds. The lowest BCUT2D eigenvalue weighted by Gasteiger charge is -2.34. The third-order valence-electron chi connectivity index (χ3n) is 6.71. The number of oxazole rings is 1. The van der Waals surface area contributed by atoms with Crippen LogP contribution in [-0.4, -0.2) is 43.8 Å². The van der Waals surface area contributed by atoms with E-state index in [1.165, 1.54) is 24.1 Å². The van der Waals surface area contributed by atoms with Gasteiger partial charge in [-0.1, -0.05) is 0 Å². The first-order valence-electron chi connectivity index (χ1n) is 11.8. The quantitative estimate of drug-likeness (QED) is 0.406. The van der Waals surface area contributed by atoms with Gasteiger partial charge in [0, 0.05) is 49.4 Å². The Bertz CT molecular complexity index is 1570. The van der Waals surface area contributed by atoms with Crippen molar-refractivity contribution in [3.63, 3.8) is 0 Å². The van der Waals surface area contributed by atoms with E-state index in [4.69, 9.17) is 14.6 Å². The van der Waals surface area contributed by atoms with Gasteiger partial charge in [-0.15, -0.1) is 0 Å². The monoisotopic (exact) mass is 526 g/mol. The molecule has 38 heavy (non-hydrogen) atoms. The van der Waals surface area contributed by atoms with Gasteiger partial charge in [0.25, 0.3) is 11.6 Å². The number of aromatic nitrogens is 4. The highest BCUT2D eigenvalue weighted by Crippen LogP contribution is 2.40. The number of fused-ring (bicyclic) bond motifs is 1. The molecule has 0 unspecified atom stereocenters. The van der Waals surface area contributed by atoms with Crippen LogP contribution in [0.5, 0.6) is 5.75 Å². The number of nitrogens with one attached hydrogen (secondary N) is 1. The van der Waals surface area contributed by atoms with Gasteiger partial charge in [-0.2, -0.15) is 18.3 Å². The fraction of sp³-hybridized carbons (Fsp3) is 0.308. The molecule has 12 heteroatoms. The van der Waals surface area contributed by atoms with Crippen molar-refractivity contribution in [3.8, 4) is 16.9 Å². The summed E-state index contributed by atoms with van der Waals surface area (Å²) >= 11 is 0. The Hall–Kier alpha value is -4.35. The fourth-order valence-corrected chi connectivity index (χ4v) is 4.84. The first kappa shape index (κ1) is 25.3. The number of alkyl halides is 3. The van der Waals surface area contributed by atoms with Crippen LogP contribution < -0.4 is 10.4 Å². The molecule has 0 bridgehead atoms. The van der Waals surface area contributed by atoms with E-state index in [0.29, 0.717) is 46.7 Å². The fourth-order valence-electron chi connectivity index (χ4n) is 4.84. The Morgan fingerprint density at radius 1 is 1.21 bits per heavy atom. The topological polar surface area (TPSA) is 102 Å². The number of nitrogens with zero attached hydrogens (tertiary/aromatic N) is 5. The molecule has 0 spiro atoms. The molecule has 0 radical (unpaired) electrons. The summed E-state index contributed by atoms with van der Waals surface area (Å²) in [5.41, 5.74) is 1.11. The maximum atomic E-state index is 13.9. The third kappa shape index (κ3) is 4.57. The number of rotatable bonds is 6. The smallest absolute Gasteiger partial charge is 0.435 e. The number of methoxy groups -OCH3 is 1. The SMILES string of the molecule is COc1ccnc([C@H](C)N2CCc3c(cc(Cn4ccoc4=N)cc3-c3cn(C)nc3C(F)(F)F)C2=O)c1. The number of amides is 1. The van der Waals surface area contributed by atoms with Crippen molar-refractivity contribution in [2.75, 3.05) is 13.7 Å². The van der Waals surface area contributed by atoms with Crippen molar-refractivity contribution in [1.29, 1.82) is 5.41 Å². The van der Waals surface area contributed by atoms with E-state index in [2.05, 4.69) is 10.1 Å². The largest absolute Gasteiger partial charge is 0.497 e. The van der Waals surface area contributed by atoms with E-state index in [1.54, 1.807) is 48.7 Å². The minimum absolute atomic E-state index is 0.0925. The first-order valence-corrected chi connectivity index (χ1v) is 11.8. The van der Waals surface area contributed by atoms with Gasteiger partial charge >= 0.3 is 6.18 Å². The summed E-state index contributed by atoms with van der Waals surface area (Å²) in [6.07, 6.45) is 1.50. The van der Waals surface area contributed by atoms with E-state index >= 15 is 0 Å². The summed E-state index contributed by atoms with van der Waals surface area (Å²) < 4.78 is 54.7. The van der Waals surface area contributed by atoms with E-state index in [1.807, 2.05) is 6.92 Å². The number of benzene rings is 1. The molecule has 4 aromatic rings. The average Bonchev–Trinajstić information content (AvgIpc) is 3.48. The Morgan fingerprint density at radius 2 is 1.97 bits per heavy atom. The van der Waals surface area contributed by atoms with Crippen LogP contribution in [0.4, 0.5) is 13.2 Å². The standard InChI is InChI=1S/C26H25F3N6O3/c1-15(22-12-17(37-3)4-6-31-22)35-7-5-18-19(21-14-33(2)32-23(21)26(27,28)29)10-16(11-20(18)24(35)36)13-34-8-9-38-25(34)30/h4,6,8-12,14-15,30H,5,7,13H2,1-3H3/t15-/m0/s1. The number of carbonyl (C=O) groups excluding carboxylic acids is 1. The van der Waals surface area contributed by atoms with E-state index in [0.717, 1.165) is 4.68 Å². The summed E-state index contributed by atoms with van der Waals surface area (Å²) in [7, 11) is 2.97. The number of pyridine rings is 1. The molecule has 1 N–H and O–H groups in total. The molecule has 198 valence electrons. The maximum absolute atomic E-state index is 13.9. The van der Waals surface area contributed by atoms with Gasteiger partial charge in [-0.05, 0) is 48.2 Å². The Kier molecular flexibility index (Phi) is 6.33. The lowest BCUT2D eigenvalue weighted by atomic mass is 9.87. The second-order valence-corrected chi connectivity index (χ2v) is 9.11. The number of aryl methyl sites for hydroxylation is 1. The molecular formula is C26H25F3N6O3. The molecule has 5 rings (SSSR count). The number of hydrogen-bond acceptors (Lipinski definition) is 6. The van der Waals surface area contributed by atoms with Crippen molar-refractivity contribution in [1.82, 2.24) is 24.2 Å². The molecule has 1 atom stereocenters. The first-order chi connectivity index (χ1) is 18.1. The van der Waals surface area contributed by atoms with Crippen LogP contribution in [-0.2, 0) is 26.2 Å². The summed E-state index contributed by atoms with van der Waals surface area (Å²) in [5, 5.41) is 11.6. The van der Waals surface area contributed by atoms with Crippen LogP contribution in [0.3, 0.4) is 0 Å². The molecule has 0 saturated heterocycles. The van der Waals surface area contributed by atoms with Gasteiger partial charge in [0.1, 0.15) is 12.0 Å². The molecular weight excluding hydrogens is 501 g/mol. The van der Waals surface area contributed by atoms with Gasteiger partial charge in [0.15, 0.2) is 5.69 Å². The average molecular weight is 527 g/mol. The van der Waals surface area contributed by atoms with Crippen LogP contribution in [0.2, 0.25) is 0 Å². The van der Waals surface area contributed by atoms with E-state index in [-0.39, 0.29) is 23.7 Å². The maximum Gasteiger partial charge on any atom is 0.435 e. The van der Waals surface area contributed by atoms with Gasteiger partial charge in [-0.25, -0.2) is 0 Å².